The van der Waals surface area contributed by atoms with Crippen LogP contribution in [0.1, 0.15) is 65.1 Å². The maximum absolute atomic E-state index is 13.9. The van der Waals surface area contributed by atoms with Gasteiger partial charge in [0.25, 0.3) is 5.91 Å². The number of rotatable bonds is 3. The van der Waals surface area contributed by atoms with Gasteiger partial charge in [-0.1, -0.05) is 45.9 Å². The van der Waals surface area contributed by atoms with Gasteiger partial charge in [-0.3, -0.25) is 4.79 Å². The van der Waals surface area contributed by atoms with E-state index in [0.29, 0.717) is 5.69 Å². The first kappa shape index (κ1) is 20.7. The van der Waals surface area contributed by atoms with Gasteiger partial charge in [0.1, 0.15) is 17.2 Å². The van der Waals surface area contributed by atoms with Gasteiger partial charge in [-0.05, 0) is 41.8 Å². The molecule has 3 rings (SSSR count). The van der Waals surface area contributed by atoms with Crippen molar-refractivity contribution in [3.63, 3.8) is 0 Å². The summed E-state index contributed by atoms with van der Waals surface area (Å²) in [5, 5.41) is 11.6. The van der Waals surface area contributed by atoms with Crippen LogP contribution in [0.15, 0.2) is 36.4 Å². The minimum Gasteiger partial charge on any atom is -0.477 e. The van der Waals surface area contributed by atoms with Crippen LogP contribution in [0.5, 0.6) is 0 Å². The van der Waals surface area contributed by atoms with Crippen molar-refractivity contribution in [2.24, 2.45) is 0 Å². The molecule has 1 amide bonds. The normalized spacial score (nSPS) is 16.2. The molecule has 0 fully saturated rings. The molecule has 152 valence electrons. The minimum absolute atomic E-state index is 0.156. The minimum atomic E-state index is -1.73. The molecule has 4 nitrogen and oxygen atoms in total. The van der Waals surface area contributed by atoms with E-state index in [-0.39, 0.29) is 16.4 Å². The molecule has 1 aliphatic carbocycles. The SMILES string of the molecule is Cc1cc2c(cc1NC(=O)c1cc(F)c(C(=O)O)c(F)c1)C(C)(C)C=CC2(C)C. The van der Waals surface area contributed by atoms with E-state index < -0.39 is 29.1 Å². The van der Waals surface area contributed by atoms with Crippen LogP contribution in [-0.4, -0.2) is 17.0 Å². The monoisotopic (exact) mass is 399 g/mol. The lowest BCUT2D eigenvalue weighted by Crippen LogP contribution is -2.29. The predicted octanol–water partition coefficient (Wildman–Crippen LogP) is 5.35. The maximum Gasteiger partial charge on any atom is 0.341 e. The number of amides is 1. The highest BCUT2D eigenvalue weighted by Crippen LogP contribution is 2.43. The van der Waals surface area contributed by atoms with E-state index in [1.807, 2.05) is 19.1 Å². The Kier molecular flexibility index (Phi) is 4.85. The molecule has 0 saturated carbocycles. The number of carboxylic acid groups (broad SMARTS) is 1. The summed E-state index contributed by atoms with van der Waals surface area (Å²) in [6.07, 6.45) is 4.30. The number of carbonyl (C=O) groups is 2. The lowest BCUT2D eigenvalue weighted by atomic mass is 9.67. The molecule has 29 heavy (non-hydrogen) atoms. The molecular weight excluding hydrogens is 376 g/mol. The van der Waals surface area contributed by atoms with E-state index in [1.54, 1.807) is 0 Å². The Morgan fingerprint density at radius 3 is 1.86 bits per heavy atom. The predicted molar refractivity (Wildman–Crippen MR) is 108 cm³/mol. The Morgan fingerprint density at radius 2 is 1.38 bits per heavy atom. The fourth-order valence-corrected chi connectivity index (χ4v) is 3.61. The molecule has 0 atom stereocenters. The number of benzene rings is 2. The van der Waals surface area contributed by atoms with Crippen molar-refractivity contribution in [2.75, 3.05) is 5.32 Å². The van der Waals surface area contributed by atoms with Crippen molar-refractivity contribution in [2.45, 2.75) is 45.4 Å². The van der Waals surface area contributed by atoms with Gasteiger partial charge in [0.15, 0.2) is 0 Å². The number of anilines is 1. The Labute approximate surface area is 168 Å². The number of nitrogens with one attached hydrogen (secondary N) is 1. The van der Waals surface area contributed by atoms with Crippen LogP contribution in [0, 0.1) is 18.6 Å². The summed E-state index contributed by atoms with van der Waals surface area (Å²) >= 11 is 0. The van der Waals surface area contributed by atoms with Crippen molar-refractivity contribution in [3.05, 3.63) is 75.9 Å². The molecule has 1 aliphatic rings. The number of aryl methyl sites for hydroxylation is 1. The molecular formula is C23H23F2NO3. The zero-order chi connectivity index (χ0) is 21.7. The van der Waals surface area contributed by atoms with E-state index >= 15 is 0 Å². The topological polar surface area (TPSA) is 66.4 Å². The lowest BCUT2D eigenvalue weighted by molar-refractivity contribution is 0.0685. The highest BCUT2D eigenvalue weighted by atomic mass is 19.1. The number of hydrogen-bond donors (Lipinski definition) is 2. The average molecular weight is 399 g/mol. The molecule has 0 heterocycles. The molecule has 2 aromatic rings. The van der Waals surface area contributed by atoms with Crippen LogP contribution in [0.25, 0.3) is 0 Å². The standard InChI is InChI=1S/C23H23F2NO3/c1-12-8-14-15(23(4,5)7-6-22(14,2)3)11-18(12)26-20(27)13-9-16(24)19(21(28)29)17(25)10-13/h6-11H,1-5H3,(H,26,27)(H,28,29). The van der Waals surface area contributed by atoms with E-state index in [9.17, 15) is 18.4 Å². The van der Waals surface area contributed by atoms with Crippen LogP contribution in [-0.2, 0) is 10.8 Å². The van der Waals surface area contributed by atoms with E-state index in [0.717, 1.165) is 28.8 Å². The van der Waals surface area contributed by atoms with Crippen LogP contribution in [0.4, 0.5) is 14.5 Å². The van der Waals surface area contributed by atoms with Gasteiger partial charge >= 0.3 is 5.97 Å². The van der Waals surface area contributed by atoms with Crippen molar-refractivity contribution in [1.29, 1.82) is 0 Å². The molecule has 0 radical (unpaired) electrons. The van der Waals surface area contributed by atoms with Gasteiger partial charge in [-0.2, -0.15) is 0 Å². The second-order valence-electron chi connectivity index (χ2n) is 8.56. The van der Waals surface area contributed by atoms with Crippen molar-refractivity contribution in [1.82, 2.24) is 0 Å². The third kappa shape index (κ3) is 3.67. The van der Waals surface area contributed by atoms with Gasteiger partial charge < -0.3 is 10.4 Å². The smallest absolute Gasteiger partial charge is 0.341 e. The number of carbonyl (C=O) groups excluding carboxylic acids is 1. The molecule has 0 saturated heterocycles. The summed E-state index contributed by atoms with van der Waals surface area (Å²) < 4.78 is 27.9. The van der Waals surface area contributed by atoms with Crippen LogP contribution >= 0.6 is 0 Å². The van der Waals surface area contributed by atoms with Crippen LogP contribution in [0.3, 0.4) is 0 Å². The largest absolute Gasteiger partial charge is 0.477 e. The van der Waals surface area contributed by atoms with Gasteiger partial charge in [-0.25, -0.2) is 13.6 Å². The third-order valence-electron chi connectivity index (χ3n) is 5.44. The Balaban J connectivity index is 2.00. The Hall–Kier alpha value is -3.02. The van der Waals surface area contributed by atoms with Gasteiger partial charge in [-0.15, -0.1) is 0 Å². The van der Waals surface area contributed by atoms with Crippen molar-refractivity contribution in [3.8, 4) is 0 Å². The number of allylic oxidation sites excluding steroid dienone is 2. The van der Waals surface area contributed by atoms with Gasteiger partial charge in [0, 0.05) is 22.1 Å². The van der Waals surface area contributed by atoms with Gasteiger partial charge in [0.05, 0.1) is 0 Å². The van der Waals surface area contributed by atoms with E-state index in [1.165, 1.54) is 0 Å². The second-order valence-corrected chi connectivity index (χ2v) is 8.56. The number of carboxylic acids is 1. The summed E-state index contributed by atoms with van der Waals surface area (Å²) in [5.41, 5.74) is 1.81. The molecule has 0 spiro atoms. The zero-order valence-electron chi connectivity index (χ0n) is 17.0. The summed E-state index contributed by atoms with van der Waals surface area (Å²) in [5.74, 6) is -5.03. The van der Waals surface area contributed by atoms with Crippen LogP contribution < -0.4 is 5.32 Å². The molecule has 0 aromatic heterocycles. The number of fused-ring (bicyclic) bond motifs is 1. The molecule has 0 unspecified atom stereocenters. The first-order valence-electron chi connectivity index (χ1n) is 9.23. The lowest BCUT2D eigenvalue weighted by Gasteiger charge is -2.37. The summed E-state index contributed by atoms with van der Waals surface area (Å²) in [6, 6.07) is 5.37. The average Bonchev–Trinajstić information content (AvgIpc) is 2.59. The number of hydrogen-bond acceptors (Lipinski definition) is 2. The fraction of sp³-hybridized carbons (Fsp3) is 0.304. The summed E-state index contributed by atoms with van der Waals surface area (Å²) in [4.78, 5) is 23.5. The first-order chi connectivity index (χ1) is 13.3. The van der Waals surface area contributed by atoms with E-state index in [4.69, 9.17) is 5.11 Å². The molecule has 0 bridgehead atoms. The second kappa shape index (κ2) is 6.79. The number of aromatic carboxylic acids is 1. The Bertz CT molecular complexity index is 1050. The van der Waals surface area contributed by atoms with Gasteiger partial charge in [0.2, 0.25) is 0 Å². The molecule has 2 N–H and O–H groups in total. The quantitative estimate of drug-likeness (QED) is 0.684. The zero-order valence-corrected chi connectivity index (χ0v) is 17.0. The summed E-state index contributed by atoms with van der Waals surface area (Å²) in [7, 11) is 0. The highest BCUT2D eigenvalue weighted by Gasteiger charge is 2.33. The Morgan fingerprint density at radius 1 is 0.897 bits per heavy atom. The molecule has 0 aliphatic heterocycles. The first-order valence-corrected chi connectivity index (χ1v) is 9.23. The fourth-order valence-electron chi connectivity index (χ4n) is 3.61. The maximum atomic E-state index is 13.9. The van der Waals surface area contributed by atoms with Crippen LogP contribution in [0.2, 0.25) is 0 Å². The van der Waals surface area contributed by atoms with Crippen molar-refractivity contribution >= 4 is 17.6 Å². The summed E-state index contributed by atoms with van der Waals surface area (Å²) in [6.45, 7) is 10.2. The highest BCUT2D eigenvalue weighted by molar-refractivity contribution is 6.05. The van der Waals surface area contributed by atoms with E-state index in [2.05, 4.69) is 45.2 Å². The third-order valence-corrected chi connectivity index (χ3v) is 5.44. The molecule has 6 heteroatoms. The number of halogens is 2. The molecule has 2 aromatic carbocycles. The van der Waals surface area contributed by atoms with Crippen molar-refractivity contribution < 1.29 is 23.5 Å².